The zero-order valence-electron chi connectivity index (χ0n) is 8.26. The smallest absolute Gasteiger partial charge is 0.123 e. The number of hydrogen-bond donors (Lipinski definition) is 1. The monoisotopic (exact) mass is 174 g/mol. The van der Waals surface area contributed by atoms with Crippen LogP contribution < -0.4 is 0 Å². The third-order valence-corrected chi connectivity index (χ3v) is 2.79. The van der Waals surface area contributed by atoms with Gasteiger partial charge in [-0.1, -0.05) is 19.1 Å². The minimum Gasteiger partial charge on any atom is -0.507 e. The second-order valence-electron chi connectivity index (χ2n) is 3.83. The number of phenolic OH excluding ortho intramolecular Hbond substituents is 1. The maximum atomic E-state index is 9.70. The highest BCUT2D eigenvalue weighted by atomic mass is 16.3. The Kier molecular flexibility index (Phi) is 1.69. The molecule has 1 aliphatic carbocycles. The number of allylic oxidation sites excluding steroid dienone is 2. The summed E-state index contributed by atoms with van der Waals surface area (Å²) in [6.07, 6.45) is 2.21. The summed E-state index contributed by atoms with van der Waals surface area (Å²) in [4.78, 5) is 0. The molecule has 0 saturated heterocycles. The highest BCUT2D eigenvalue weighted by molar-refractivity contribution is 5.78. The molecule has 0 saturated carbocycles. The van der Waals surface area contributed by atoms with E-state index in [4.69, 9.17) is 0 Å². The number of benzene rings is 1. The Hall–Kier alpha value is -1.24. The molecule has 1 nitrogen and oxygen atoms in total. The molecule has 13 heavy (non-hydrogen) atoms. The largest absolute Gasteiger partial charge is 0.507 e. The molecule has 2 rings (SSSR count). The molecule has 0 fully saturated rings. The molecule has 0 spiro atoms. The summed E-state index contributed by atoms with van der Waals surface area (Å²) >= 11 is 0. The van der Waals surface area contributed by atoms with E-state index in [0.29, 0.717) is 11.7 Å². The fraction of sp³-hybridized carbons (Fsp3) is 0.333. The Morgan fingerprint density at radius 1 is 1.23 bits per heavy atom. The summed E-state index contributed by atoms with van der Waals surface area (Å²) in [6, 6.07) is 3.76. The number of hydrogen-bond acceptors (Lipinski definition) is 1. The Labute approximate surface area is 78.7 Å². The molecule has 0 radical (unpaired) electrons. The lowest BCUT2D eigenvalue weighted by molar-refractivity contribution is 0.473. The zero-order chi connectivity index (χ0) is 9.59. The minimum atomic E-state index is 0.415. The lowest BCUT2D eigenvalue weighted by Gasteiger charge is -2.10. The summed E-state index contributed by atoms with van der Waals surface area (Å²) in [7, 11) is 0. The average molecular weight is 174 g/mol. The standard InChI is InChI=1S/C12H14O/c1-7-4-5-10(13)12-9(3)6-8(2)11(7)12/h4-6,8,13H,1-3H3. The second-order valence-corrected chi connectivity index (χ2v) is 3.83. The van der Waals surface area contributed by atoms with Crippen molar-refractivity contribution in [1.29, 1.82) is 0 Å². The number of phenols is 1. The van der Waals surface area contributed by atoms with E-state index in [0.717, 1.165) is 5.56 Å². The van der Waals surface area contributed by atoms with E-state index in [1.54, 1.807) is 6.07 Å². The van der Waals surface area contributed by atoms with Crippen molar-refractivity contribution in [2.75, 3.05) is 0 Å². The molecule has 1 N–H and O–H groups in total. The first-order valence-electron chi connectivity index (χ1n) is 4.62. The van der Waals surface area contributed by atoms with Crippen molar-refractivity contribution in [3.05, 3.63) is 34.9 Å². The average Bonchev–Trinajstić information content (AvgIpc) is 2.36. The van der Waals surface area contributed by atoms with Crippen molar-refractivity contribution in [2.45, 2.75) is 26.7 Å². The van der Waals surface area contributed by atoms with Crippen LogP contribution in [0.2, 0.25) is 0 Å². The topological polar surface area (TPSA) is 20.2 Å². The summed E-state index contributed by atoms with van der Waals surface area (Å²) < 4.78 is 0. The van der Waals surface area contributed by atoms with Crippen molar-refractivity contribution in [1.82, 2.24) is 0 Å². The Balaban J connectivity index is 2.74. The van der Waals surface area contributed by atoms with E-state index in [1.165, 1.54) is 16.7 Å². The van der Waals surface area contributed by atoms with E-state index in [2.05, 4.69) is 26.8 Å². The van der Waals surface area contributed by atoms with Crippen LogP contribution in [0.5, 0.6) is 5.75 Å². The predicted molar refractivity (Wildman–Crippen MR) is 54.9 cm³/mol. The molecule has 0 aliphatic heterocycles. The van der Waals surface area contributed by atoms with Crippen LogP contribution >= 0.6 is 0 Å². The van der Waals surface area contributed by atoms with Crippen molar-refractivity contribution in [3.63, 3.8) is 0 Å². The lowest BCUT2D eigenvalue weighted by Crippen LogP contribution is -1.92. The van der Waals surface area contributed by atoms with Gasteiger partial charge in [0.2, 0.25) is 0 Å². The molecular weight excluding hydrogens is 160 g/mol. The van der Waals surface area contributed by atoms with E-state index >= 15 is 0 Å². The van der Waals surface area contributed by atoms with Crippen LogP contribution in [0.3, 0.4) is 0 Å². The fourth-order valence-corrected chi connectivity index (χ4v) is 2.26. The lowest BCUT2D eigenvalue weighted by atomic mass is 9.96. The molecular formula is C12H14O. The van der Waals surface area contributed by atoms with Gasteiger partial charge in [-0.05, 0) is 36.6 Å². The van der Waals surface area contributed by atoms with Gasteiger partial charge in [0.1, 0.15) is 5.75 Å². The van der Waals surface area contributed by atoms with E-state index in [-0.39, 0.29) is 0 Å². The quantitative estimate of drug-likeness (QED) is 0.640. The minimum absolute atomic E-state index is 0.415. The van der Waals surface area contributed by atoms with Gasteiger partial charge < -0.3 is 5.11 Å². The molecule has 1 aromatic rings. The van der Waals surface area contributed by atoms with Gasteiger partial charge in [-0.25, -0.2) is 0 Å². The van der Waals surface area contributed by atoms with Crippen LogP contribution in [-0.2, 0) is 0 Å². The normalized spacial score (nSPS) is 19.9. The number of fused-ring (bicyclic) bond motifs is 1. The molecule has 1 atom stereocenters. The van der Waals surface area contributed by atoms with Gasteiger partial charge in [0.15, 0.2) is 0 Å². The molecule has 68 valence electrons. The fourth-order valence-electron chi connectivity index (χ4n) is 2.26. The molecule has 1 heteroatoms. The van der Waals surface area contributed by atoms with Gasteiger partial charge in [-0.15, -0.1) is 0 Å². The summed E-state index contributed by atoms with van der Waals surface area (Å²) in [5.41, 5.74) is 4.81. The van der Waals surface area contributed by atoms with Crippen LogP contribution in [0.1, 0.15) is 36.5 Å². The van der Waals surface area contributed by atoms with Crippen LogP contribution in [0, 0.1) is 6.92 Å². The second kappa shape index (κ2) is 2.63. The summed E-state index contributed by atoms with van der Waals surface area (Å²) in [5, 5.41) is 9.70. The van der Waals surface area contributed by atoms with Crippen molar-refractivity contribution >= 4 is 5.57 Å². The Morgan fingerprint density at radius 3 is 2.54 bits per heavy atom. The van der Waals surface area contributed by atoms with Crippen molar-refractivity contribution in [2.24, 2.45) is 0 Å². The first-order chi connectivity index (χ1) is 6.11. The molecule has 0 bridgehead atoms. The van der Waals surface area contributed by atoms with Crippen LogP contribution in [0.25, 0.3) is 5.57 Å². The highest BCUT2D eigenvalue weighted by Gasteiger charge is 2.22. The van der Waals surface area contributed by atoms with Crippen LogP contribution in [0.15, 0.2) is 18.2 Å². The van der Waals surface area contributed by atoms with Gasteiger partial charge >= 0.3 is 0 Å². The van der Waals surface area contributed by atoms with Crippen molar-refractivity contribution < 1.29 is 5.11 Å². The number of rotatable bonds is 0. The maximum Gasteiger partial charge on any atom is 0.123 e. The highest BCUT2D eigenvalue weighted by Crippen LogP contribution is 2.41. The molecule has 1 aliphatic rings. The third kappa shape index (κ3) is 1.07. The van der Waals surface area contributed by atoms with Gasteiger partial charge in [0.05, 0.1) is 0 Å². The first-order valence-corrected chi connectivity index (χ1v) is 4.62. The molecule has 1 unspecified atom stereocenters. The summed E-state index contributed by atoms with van der Waals surface area (Å²) in [6.45, 7) is 6.32. The molecule has 0 amide bonds. The van der Waals surface area contributed by atoms with E-state index in [9.17, 15) is 5.11 Å². The Bertz CT molecular complexity index is 388. The zero-order valence-corrected chi connectivity index (χ0v) is 8.26. The van der Waals surface area contributed by atoms with Gasteiger partial charge in [0.25, 0.3) is 0 Å². The predicted octanol–water partition coefficient (Wildman–Crippen LogP) is 3.22. The number of aryl methyl sites for hydroxylation is 1. The molecule has 0 aromatic heterocycles. The van der Waals surface area contributed by atoms with Gasteiger partial charge in [-0.2, -0.15) is 0 Å². The van der Waals surface area contributed by atoms with E-state index in [1.807, 2.05) is 6.07 Å². The first kappa shape index (κ1) is 8.36. The van der Waals surface area contributed by atoms with Gasteiger partial charge in [0, 0.05) is 11.5 Å². The molecule has 1 aromatic carbocycles. The third-order valence-electron chi connectivity index (χ3n) is 2.79. The number of aromatic hydroxyl groups is 1. The SMILES string of the molecule is CC1=CC(C)c2c(C)ccc(O)c21. The maximum absolute atomic E-state index is 9.70. The van der Waals surface area contributed by atoms with Gasteiger partial charge in [-0.3, -0.25) is 0 Å². The van der Waals surface area contributed by atoms with E-state index < -0.39 is 0 Å². The van der Waals surface area contributed by atoms with Crippen LogP contribution in [0.4, 0.5) is 0 Å². The van der Waals surface area contributed by atoms with Crippen molar-refractivity contribution in [3.8, 4) is 5.75 Å². The summed E-state index contributed by atoms with van der Waals surface area (Å²) in [5.74, 6) is 0.862. The Morgan fingerprint density at radius 2 is 1.92 bits per heavy atom. The molecule has 0 heterocycles. The van der Waals surface area contributed by atoms with Crippen LogP contribution in [-0.4, -0.2) is 5.11 Å².